The Morgan fingerprint density at radius 2 is 1.82 bits per heavy atom. The van der Waals surface area contributed by atoms with E-state index >= 15 is 0 Å². The molecule has 1 aliphatic carbocycles. The molecule has 1 aromatic carbocycles. The topological polar surface area (TPSA) is 32.3 Å². The highest BCUT2D eigenvalue weighted by atomic mass is 16.2. The summed E-state index contributed by atoms with van der Waals surface area (Å²) in [5.41, 5.74) is 2.11. The van der Waals surface area contributed by atoms with Crippen molar-refractivity contribution in [2.75, 3.05) is 18.4 Å². The molecular weight excluding hydrogens is 272 g/mol. The van der Waals surface area contributed by atoms with E-state index in [1.165, 1.54) is 37.7 Å². The van der Waals surface area contributed by atoms with Gasteiger partial charge in [0, 0.05) is 12.2 Å². The van der Waals surface area contributed by atoms with Crippen molar-refractivity contribution >= 4 is 11.6 Å². The van der Waals surface area contributed by atoms with Gasteiger partial charge in [-0.3, -0.25) is 9.69 Å². The van der Waals surface area contributed by atoms with Gasteiger partial charge in [0.15, 0.2) is 0 Å². The summed E-state index contributed by atoms with van der Waals surface area (Å²) < 4.78 is 0. The molecule has 0 spiro atoms. The van der Waals surface area contributed by atoms with E-state index < -0.39 is 0 Å². The minimum absolute atomic E-state index is 0.0378. The highest BCUT2D eigenvalue weighted by Crippen LogP contribution is 2.36. The van der Waals surface area contributed by atoms with Crippen LogP contribution in [-0.4, -0.2) is 29.9 Å². The van der Waals surface area contributed by atoms with Crippen molar-refractivity contribution in [3.05, 3.63) is 29.8 Å². The van der Waals surface area contributed by atoms with Crippen molar-refractivity contribution in [1.29, 1.82) is 0 Å². The third kappa shape index (κ3) is 3.52. The second-order valence-electron chi connectivity index (χ2n) is 7.12. The second-order valence-corrected chi connectivity index (χ2v) is 7.12. The average molecular weight is 300 g/mol. The summed E-state index contributed by atoms with van der Waals surface area (Å²) >= 11 is 0. The van der Waals surface area contributed by atoms with Crippen LogP contribution in [0, 0.1) is 18.8 Å². The van der Waals surface area contributed by atoms with E-state index in [1.54, 1.807) is 0 Å². The van der Waals surface area contributed by atoms with Crippen LogP contribution < -0.4 is 5.32 Å². The Kier molecular flexibility index (Phi) is 4.82. The monoisotopic (exact) mass is 300 g/mol. The Labute approximate surface area is 134 Å². The number of amides is 1. The molecule has 3 nitrogen and oxygen atoms in total. The number of anilines is 1. The fraction of sp³-hybridized carbons (Fsp3) is 0.632. The van der Waals surface area contributed by atoms with Crippen molar-refractivity contribution in [1.82, 2.24) is 4.90 Å². The molecule has 1 heterocycles. The summed E-state index contributed by atoms with van der Waals surface area (Å²) in [4.78, 5) is 14.9. The summed E-state index contributed by atoms with van der Waals surface area (Å²) in [5, 5.41) is 3.06. The molecule has 1 saturated heterocycles. The molecule has 1 amide bonds. The first-order valence-electron chi connectivity index (χ1n) is 8.75. The van der Waals surface area contributed by atoms with Gasteiger partial charge >= 0.3 is 0 Å². The van der Waals surface area contributed by atoms with Crippen LogP contribution in [0.25, 0.3) is 0 Å². The average Bonchev–Trinajstić information content (AvgIpc) is 2.55. The van der Waals surface area contributed by atoms with Crippen LogP contribution in [0.15, 0.2) is 24.3 Å². The van der Waals surface area contributed by atoms with Gasteiger partial charge in [-0.1, -0.05) is 37.0 Å². The number of carbonyl (C=O) groups is 1. The highest BCUT2D eigenvalue weighted by molar-refractivity contribution is 5.94. The van der Waals surface area contributed by atoms with Crippen molar-refractivity contribution in [3.8, 4) is 0 Å². The Morgan fingerprint density at radius 1 is 1.14 bits per heavy atom. The first kappa shape index (κ1) is 15.5. The van der Waals surface area contributed by atoms with Crippen LogP contribution in [0.4, 0.5) is 5.69 Å². The SMILES string of the molecule is Cc1ccc(NC(=O)[C@H](C)N2CC[C@@H]3CCCC[C@H]3C2)cc1. The number of rotatable bonds is 3. The van der Waals surface area contributed by atoms with Crippen LogP contribution in [0.2, 0.25) is 0 Å². The number of piperidine rings is 1. The van der Waals surface area contributed by atoms with Gasteiger partial charge in [0.2, 0.25) is 5.91 Å². The van der Waals surface area contributed by atoms with Gasteiger partial charge in [-0.2, -0.15) is 0 Å². The highest BCUT2D eigenvalue weighted by Gasteiger charge is 2.34. The zero-order valence-electron chi connectivity index (χ0n) is 13.8. The number of carbonyl (C=O) groups excluding carboxylic acids is 1. The molecule has 22 heavy (non-hydrogen) atoms. The van der Waals surface area contributed by atoms with Gasteiger partial charge in [0.05, 0.1) is 6.04 Å². The molecule has 0 aromatic heterocycles. The van der Waals surface area contributed by atoms with Gasteiger partial charge < -0.3 is 5.32 Å². The summed E-state index contributed by atoms with van der Waals surface area (Å²) in [6, 6.07) is 7.99. The molecule has 120 valence electrons. The largest absolute Gasteiger partial charge is 0.325 e. The van der Waals surface area contributed by atoms with Crippen LogP contribution in [-0.2, 0) is 4.79 Å². The molecule has 3 atom stereocenters. The molecule has 1 aliphatic heterocycles. The summed E-state index contributed by atoms with van der Waals surface area (Å²) in [5.74, 6) is 1.85. The Morgan fingerprint density at radius 3 is 2.55 bits per heavy atom. The Bertz CT molecular complexity index is 511. The van der Waals surface area contributed by atoms with Crippen LogP contribution >= 0.6 is 0 Å². The minimum Gasteiger partial charge on any atom is -0.325 e. The van der Waals surface area contributed by atoms with Crippen LogP contribution in [0.3, 0.4) is 0 Å². The van der Waals surface area contributed by atoms with E-state index in [-0.39, 0.29) is 11.9 Å². The molecule has 1 aromatic rings. The zero-order valence-corrected chi connectivity index (χ0v) is 13.8. The molecular formula is C19H28N2O. The van der Waals surface area contributed by atoms with Gasteiger partial charge in [-0.15, -0.1) is 0 Å². The lowest BCUT2D eigenvalue weighted by molar-refractivity contribution is -0.122. The van der Waals surface area contributed by atoms with Gasteiger partial charge in [0.25, 0.3) is 0 Å². The first-order valence-corrected chi connectivity index (χ1v) is 8.75. The quantitative estimate of drug-likeness (QED) is 0.920. The van der Waals surface area contributed by atoms with Crippen molar-refractivity contribution in [3.63, 3.8) is 0 Å². The van der Waals surface area contributed by atoms with Gasteiger partial charge in [-0.05, 0) is 57.2 Å². The van der Waals surface area contributed by atoms with E-state index in [0.29, 0.717) is 0 Å². The number of benzene rings is 1. The number of hydrogen-bond acceptors (Lipinski definition) is 2. The Balaban J connectivity index is 1.57. The number of likely N-dealkylation sites (tertiary alicyclic amines) is 1. The van der Waals surface area contributed by atoms with E-state index in [2.05, 4.69) is 17.1 Å². The number of aryl methyl sites for hydroxylation is 1. The van der Waals surface area contributed by atoms with E-state index in [9.17, 15) is 4.79 Å². The lowest BCUT2D eigenvalue weighted by Gasteiger charge is -2.43. The lowest BCUT2D eigenvalue weighted by atomic mass is 9.75. The molecule has 3 heteroatoms. The molecule has 1 saturated carbocycles. The van der Waals surface area contributed by atoms with Crippen molar-refractivity contribution < 1.29 is 4.79 Å². The van der Waals surface area contributed by atoms with E-state index in [1.807, 2.05) is 31.2 Å². The fourth-order valence-electron chi connectivity index (χ4n) is 4.03. The molecule has 0 radical (unpaired) electrons. The smallest absolute Gasteiger partial charge is 0.241 e. The maximum atomic E-state index is 12.5. The molecule has 0 unspecified atom stereocenters. The predicted octanol–water partition coefficient (Wildman–Crippen LogP) is 3.83. The van der Waals surface area contributed by atoms with E-state index in [0.717, 1.165) is 30.6 Å². The Hall–Kier alpha value is -1.35. The number of fused-ring (bicyclic) bond motifs is 1. The van der Waals surface area contributed by atoms with Gasteiger partial charge in [-0.25, -0.2) is 0 Å². The molecule has 1 N–H and O–H groups in total. The third-order valence-corrected chi connectivity index (χ3v) is 5.57. The zero-order chi connectivity index (χ0) is 15.5. The van der Waals surface area contributed by atoms with E-state index in [4.69, 9.17) is 0 Å². The maximum Gasteiger partial charge on any atom is 0.241 e. The second kappa shape index (κ2) is 6.82. The first-order chi connectivity index (χ1) is 10.6. The summed E-state index contributed by atoms with van der Waals surface area (Å²) in [6.45, 7) is 6.28. The fourth-order valence-corrected chi connectivity index (χ4v) is 4.03. The van der Waals surface area contributed by atoms with Crippen LogP contribution in [0.5, 0.6) is 0 Å². The molecule has 0 bridgehead atoms. The minimum atomic E-state index is -0.0378. The lowest BCUT2D eigenvalue weighted by Crippen LogP contribution is -2.49. The molecule has 3 rings (SSSR count). The number of nitrogens with zero attached hydrogens (tertiary/aromatic N) is 1. The maximum absolute atomic E-state index is 12.5. The van der Waals surface area contributed by atoms with Gasteiger partial charge in [0.1, 0.15) is 0 Å². The normalized spacial score (nSPS) is 27.0. The standard InChI is InChI=1S/C19H28N2O/c1-14-7-9-18(10-8-14)20-19(22)15(2)21-12-11-16-5-3-4-6-17(16)13-21/h7-10,15-17H,3-6,11-13H2,1-2H3,(H,20,22)/t15-,16-,17-/m0/s1. The number of nitrogens with one attached hydrogen (secondary N) is 1. The predicted molar refractivity (Wildman–Crippen MR) is 90.9 cm³/mol. The van der Waals surface area contributed by atoms with Crippen molar-refractivity contribution in [2.45, 2.75) is 52.0 Å². The van der Waals surface area contributed by atoms with Crippen LogP contribution in [0.1, 0.15) is 44.6 Å². The molecule has 2 aliphatic rings. The molecule has 2 fully saturated rings. The number of hydrogen-bond donors (Lipinski definition) is 1. The summed E-state index contributed by atoms with van der Waals surface area (Å²) in [7, 11) is 0. The van der Waals surface area contributed by atoms with Crippen molar-refractivity contribution in [2.24, 2.45) is 11.8 Å². The third-order valence-electron chi connectivity index (χ3n) is 5.57. The summed E-state index contributed by atoms with van der Waals surface area (Å²) in [6.07, 6.45) is 6.81.